The zero-order chi connectivity index (χ0) is 17.7. The fourth-order valence-electron chi connectivity index (χ4n) is 4.25. The monoisotopic (exact) mass is 346 g/mol. The van der Waals surface area contributed by atoms with Crippen LogP contribution in [0.1, 0.15) is 43.0 Å². The molecule has 0 saturated heterocycles. The molecule has 2 aliphatic rings. The first-order chi connectivity index (χ1) is 12.2. The van der Waals surface area contributed by atoms with E-state index in [1.807, 2.05) is 0 Å². The largest absolute Gasteiger partial charge is 0.0812 e. The molecule has 0 unspecified atom stereocenters. The van der Waals surface area contributed by atoms with Crippen LogP contribution in [0, 0.1) is 0 Å². The Bertz CT molecular complexity index is 770. The van der Waals surface area contributed by atoms with Gasteiger partial charge < -0.3 is 0 Å². The lowest BCUT2D eigenvalue weighted by atomic mass is 10.1. The predicted octanol–water partition coefficient (Wildman–Crippen LogP) is 6.93. The molecule has 0 aliphatic heterocycles. The van der Waals surface area contributed by atoms with Crippen LogP contribution in [0.2, 0.25) is 18.1 Å². The highest BCUT2D eigenvalue weighted by Crippen LogP contribution is 2.36. The minimum atomic E-state index is -1.12. The Morgan fingerprint density at radius 3 is 1.96 bits per heavy atom. The third-order valence-electron chi connectivity index (χ3n) is 6.17. The predicted molar refractivity (Wildman–Crippen MR) is 115 cm³/mol. The first-order valence-electron chi connectivity index (χ1n) is 9.75. The number of rotatable bonds is 4. The molecule has 4 rings (SSSR count). The van der Waals surface area contributed by atoms with Gasteiger partial charge in [0.05, 0.1) is 8.07 Å². The highest BCUT2D eigenvalue weighted by Gasteiger charge is 2.33. The first kappa shape index (κ1) is 17.9. The molecular weight excluding hydrogens is 316 g/mol. The molecule has 0 atom stereocenters. The third-order valence-corrected chi connectivity index (χ3v) is 11.9. The van der Waals surface area contributed by atoms with Crippen molar-refractivity contribution in [2.45, 2.75) is 51.7 Å². The molecule has 0 bridgehead atoms. The number of fused-ring (bicyclic) bond motifs is 2. The van der Waals surface area contributed by atoms with E-state index in [9.17, 15) is 0 Å². The summed E-state index contributed by atoms with van der Waals surface area (Å²) in [5, 5.41) is 1.79. The van der Waals surface area contributed by atoms with Crippen LogP contribution in [0.15, 0.2) is 59.8 Å². The van der Waals surface area contributed by atoms with Crippen LogP contribution in [0.4, 0.5) is 0 Å². The Labute approximate surface area is 154 Å². The molecule has 0 nitrogen and oxygen atoms in total. The lowest BCUT2D eigenvalue weighted by molar-refractivity contribution is 1.13. The van der Waals surface area contributed by atoms with Gasteiger partial charge in [-0.2, -0.15) is 0 Å². The van der Waals surface area contributed by atoms with Gasteiger partial charge in [0.2, 0.25) is 0 Å². The minimum absolute atomic E-state index is 1.12. The minimum Gasteiger partial charge on any atom is -0.0795 e. The number of benzene rings is 2. The van der Waals surface area contributed by atoms with Crippen LogP contribution >= 0.6 is 0 Å². The van der Waals surface area contributed by atoms with Crippen molar-refractivity contribution < 1.29 is 0 Å². The summed E-state index contributed by atoms with van der Waals surface area (Å²) in [6, 6.07) is 21.6. The van der Waals surface area contributed by atoms with Crippen LogP contribution < -0.4 is 0 Å². The van der Waals surface area contributed by atoms with Gasteiger partial charge >= 0.3 is 0 Å². The Hall–Kier alpha value is -1.86. The summed E-state index contributed by atoms with van der Waals surface area (Å²) in [4.78, 5) is 0. The highest BCUT2D eigenvalue weighted by molar-refractivity contribution is 6.87. The van der Waals surface area contributed by atoms with Gasteiger partial charge in [-0.1, -0.05) is 111 Å². The summed E-state index contributed by atoms with van der Waals surface area (Å²) in [5.41, 5.74) is 5.87. The Kier molecular flexibility index (Phi) is 5.75. The van der Waals surface area contributed by atoms with Crippen LogP contribution in [-0.2, 0) is 12.8 Å². The number of hydrogen-bond donors (Lipinski definition) is 0. The summed E-state index contributed by atoms with van der Waals surface area (Å²) < 4.78 is 0. The fourth-order valence-corrected chi connectivity index (χ4v) is 8.14. The summed E-state index contributed by atoms with van der Waals surface area (Å²) >= 11 is 0. The van der Waals surface area contributed by atoms with Crippen LogP contribution in [-0.4, -0.2) is 8.07 Å². The normalized spacial score (nSPS) is 14.4. The van der Waals surface area contributed by atoms with Crippen LogP contribution in [0.25, 0.3) is 12.2 Å². The molecule has 130 valence electrons. The van der Waals surface area contributed by atoms with E-state index in [4.69, 9.17) is 0 Å². The third kappa shape index (κ3) is 3.72. The van der Waals surface area contributed by atoms with Crippen molar-refractivity contribution >= 4 is 20.2 Å². The van der Waals surface area contributed by atoms with E-state index in [0.717, 1.165) is 6.42 Å². The van der Waals surface area contributed by atoms with Crippen LogP contribution in [0.3, 0.4) is 0 Å². The van der Waals surface area contributed by atoms with Crippen molar-refractivity contribution in [2.24, 2.45) is 0 Å². The van der Waals surface area contributed by atoms with E-state index in [-0.39, 0.29) is 0 Å². The van der Waals surface area contributed by atoms with E-state index in [0.29, 0.717) is 0 Å². The van der Waals surface area contributed by atoms with Gasteiger partial charge in [0.1, 0.15) is 0 Å². The summed E-state index contributed by atoms with van der Waals surface area (Å²) in [6.07, 6.45) is 9.23. The van der Waals surface area contributed by atoms with Crippen molar-refractivity contribution in [3.8, 4) is 0 Å². The molecule has 0 spiro atoms. The molecule has 1 heteroatoms. The zero-order valence-electron chi connectivity index (χ0n) is 15.9. The highest BCUT2D eigenvalue weighted by atomic mass is 28.3. The standard InChI is InChI=1S/C15H22Si.C9H8/c1-4-16(5-2,6-3)15-11-13-9-7-8-10-14(13)12-15;1-2-5-9-7-3-6-8(9)4-1/h7-11H,4-6,12H2,1-3H3;1-6H,7H2. The van der Waals surface area contributed by atoms with Gasteiger partial charge in [0.25, 0.3) is 0 Å². The molecule has 0 aromatic heterocycles. The van der Waals surface area contributed by atoms with Crippen molar-refractivity contribution in [2.75, 3.05) is 0 Å². The molecule has 2 aliphatic carbocycles. The smallest absolute Gasteiger partial charge is 0.0795 e. The zero-order valence-corrected chi connectivity index (χ0v) is 16.9. The van der Waals surface area contributed by atoms with Crippen molar-refractivity contribution in [1.82, 2.24) is 0 Å². The molecule has 0 amide bonds. The molecular formula is C24H30Si. The lowest BCUT2D eigenvalue weighted by Crippen LogP contribution is -2.34. The fraction of sp³-hybridized carbons (Fsp3) is 0.333. The average molecular weight is 347 g/mol. The first-order valence-corrected chi connectivity index (χ1v) is 12.4. The van der Waals surface area contributed by atoms with E-state index in [2.05, 4.69) is 87.5 Å². The van der Waals surface area contributed by atoms with Gasteiger partial charge in [-0.3, -0.25) is 0 Å². The summed E-state index contributed by atoms with van der Waals surface area (Å²) in [7, 11) is -1.12. The number of hydrogen-bond acceptors (Lipinski definition) is 0. The maximum atomic E-state index is 2.50. The Balaban J connectivity index is 0.000000170. The molecule has 0 fully saturated rings. The Morgan fingerprint density at radius 2 is 1.36 bits per heavy atom. The van der Waals surface area contributed by atoms with Crippen molar-refractivity contribution in [1.29, 1.82) is 0 Å². The van der Waals surface area contributed by atoms with E-state index >= 15 is 0 Å². The maximum absolute atomic E-state index is 2.50. The summed E-state index contributed by atoms with van der Waals surface area (Å²) in [5.74, 6) is 0. The number of allylic oxidation sites excluding steroid dienone is 2. The molecule has 0 saturated carbocycles. The SMILES string of the molecule is C1=Cc2ccccc2C1.CC[Si](CC)(CC)C1=Cc2ccccc2C1. The van der Waals surface area contributed by atoms with Crippen LogP contribution in [0.5, 0.6) is 0 Å². The second kappa shape index (κ2) is 8.01. The second-order valence-corrected chi connectivity index (χ2v) is 12.5. The maximum Gasteiger partial charge on any atom is 0.0812 e. The second-order valence-electron chi connectivity index (χ2n) is 7.19. The van der Waals surface area contributed by atoms with Gasteiger partial charge in [-0.25, -0.2) is 0 Å². The quantitative estimate of drug-likeness (QED) is 0.526. The van der Waals surface area contributed by atoms with Gasteiger partial charge in [0, 0.05) is 0 Å². The molecule has 0 N–H and O–H groups in total. The summed E-state index contributed by atoms with van der Waals surface area (Å²) in [6.45, 7) is 7.18. The molecule has 0 radical (unpaired) electrons. The molecule has 2 aromatic rings. The topological polar surface area (TPSA) is 0 Å². The van der Waals surface area contributed by atoms with Gasteiger partial charge in [-0.05, 0) is 35.1 Å². The van der Waals surface area contributed by atoms with E-state index in [1.165, 1.54) is 41.2 Å². The lowest BCUT2D eigenvalue weighted by Gasteiger charge is -2.29. The van der Waals surface area contributed by atoms with Gasteiger partial charge in [0.15, 0.2) is 0 Å². The van der Waals surface area contributed by atoms with Crippen molar-refractivity contribution in [3.63, 3.8) is 0 Å². The van der Waals surface area contributed by atoms with E-state index < -0.39 is 8.07 Å². The molecule has 0 heterocycles. The molecule has 2 aromatic carbocycles. The van der Waals surface area contributed by atoms with Gasteiger partial charge in [-0.15, -0.1) is 0 Å². The Morgan fingerprint density at radius 1 is 0.760 bits per heavy atom. The average Bonchev–Trinajstić information content (AvgIpc) is 3.31. The van der Waals surface area contributed by atoms with E-state index in [1.54, 1.807) is 10.8 Å². The van der Waals surface area contributed by atoms with Crippen molar-refractivity contribution in [3.05, 3.63) is 82.1 Å². The molecule has 25 heavy (non-hydrogen) atoms.